The lowest BCUT2D eigenvalue weighted by molar-refractivity contribution is -0.0454. The lowest BCUT2D eigenvalue weighted by Gasteiger charge is -2.36. The smallest absolute Gasteiger partial charge is 0.0724 e. The van der Waals surface area contributed by atoms with Crippen LogP contribution in [0.4, 0.5) is 0 Å². The van der Waals surface area contributed by atoms with Gasteiger partial charge in [-0.15, -0.1) is 0 Å². The van der Waals surface area contributed by atoms with E-state index in [1.165, 1.54) is 32.5 Å². The van der Waals surface area contributed by atoms with Crippen molar-refractivity contribution in [2.75, 3.05) is 53.0 Å². The van der Waals surface area contributed by atoms with E-state index in [1.807, 2.05) is 0 Å². The summed E-state index contributed by atoms with van der Waals surface area (Å²) in [5.41, 5.74) is 0. The molecule has 0 aromatic heterocycles. The predicted octanol–water partition coefficient (Wildman–Crippen LogP) is 0.723. The Labute approximate surface area is 105 Å². The van der Waals surface area contributed by atoms with Gasteiger partial charge < -0.3 is 14.8 Å². The summed E-state index contributed by atoms with van der Waals surface area (Å²) >= 11 is 0. The zero-order chi connectivity index (χ0) is 11.9. The summed E-state index contributed by atoms with van der Waals surface area (Å²) in [5, 5.41) is 3.43. The van der Waals surface area contributed by atoms with Crippen LogP contribution in [0.5, 0.6) is 0 Å². The molecule has 0 saturated carbocycles. The first-order valence-electron chi connectivity index (χ1n) is 6.92. The van der Waals surface area contributed by atoms with E-state index in [1.54, 1.807) is 7.11 Å². The van der Waals surface area contributed by atoms with Crippen LogP contribution in [0.3, 0.4) is 0 Å². The van der Waals surface area contributed by atoms with Crippen molar-refractivity contribution >= 4 is 0 Å². The van der Waals surface area contributed by atoms with Crippen LogP contribution in [-0.2, 0) is 9.47 Å². The molecule has 0 spiro atoms. The molecule has 0 aliphatic carbocycles. The Morgan fingerprint density at radius 1 is 1.35 bits per heavy atom. The molecule has 0 bridgehead atoms. The SMILES string of the molecule is COCC[C@@H]1CN(CC2CCNCC2)CCO1. The molecule has 4 nitrogen and oxygen atoms in total. The number of rotatable bonds is 5. The van der Waals surface area contributed by atoms with Crippen molar-refractivity contribution < 1.29 is 9.47 Å². The Morgan fingerprint density at radius 3 is 2.94 bits per heavy atom. The minimum Gasteiger partial charge on any atom is -0.385 e. The summed E-state index contributed by atoms with van der Waals surface area (Å²) < 4.78 is 10.9. The molecule has 100 valence electrons. The van der Waals surface area contributed by atoms with Gasteiger partial charge in [-0.3, -0.25) is 4.90 Å². The quantitative estimate of drug-likeness (QED) is 0.770. The molecule has 2 rings (SSSR count). The maximum atomic E-state index is 5.77. The highest BCUT2D eigenvalue weighted by Crippen LogP contribution is 2.16. The molecular weight excluding hydrogens is 216 g/mol. The Hall–Kier alpha value is -0.160. The number of hydrogen-bond donors (Lipinski definition) is 1. The Kier molecular flexibility index (Phi) is 5.71. The molecule has 1 atom stereocenters. The predicted molar refractivity (Wildman–Crippen MR) is 68.3 cm³/mol. The second-order valence-electron chi connectivity index (χ2n) is 5.23. The van der Waals surface area contributed by atoms with Gasteiger partial charge in [0, 0.05) is 33.4 Å². The minimum absolute atomic E-state index is 0.380. The zero-order valence-corrected chi connectivity index (χ0v) is 11.0. The van der Waals surface area contributed by atoms with Crippen LogP contribution in [0.15, 0.2) is 0 Å². The highest BCUT2D eigenvalue weighted by atomic mass is 16.5. The lowest BCUT2D eigenvalue weighted by Crippen LogP contribution is -2.46. The summed E-state index contributed by atoms with van der Waals surface area (Å²) in [6.45, 7) is 7.55. The summed E-state index contributed by atoms with van der Waals surface area (Å²) in [6, 6.07) is 0. The Bertz CT molecular complexity index is 208. The summed E-state index contributed by atoms with van der Waals surface area (Å²) in [7, 11) is 1.76. The molecule has 0 amide bonds. The van der Waals surface area contributed by atoms with Gasteiger partial charge in [0.25, 0.3) is 0 Å². The van der Waals surface area contributed by atoms with Gasteiger partial charge >= 0.3 is 0 Å². The molecule has 17 heavy (non-hydrogen) atoms. The van der Waals surface area contributed by atoms with E-state index < -0.39 is 0 Å². The highest BCUT2D eigenvalue weighted by molar-refractivity contribution is 4.77. The number of hydrogen-bond acceptors (Lipinski definition) is 4. The van der Waals surface area contributed by atoms with Gasteiger partial charge in [-0.05, 0) is 38.3 Å². The van der Waals surface area contributed by atoms with Crippen molar-refractivity contribution in [1.82, 2.24) is 10.2 Å². The average molecular weight is 242 g/mol. The summed E-state index contributed by atoms with van der Waals surface area (Å²) in [5.74, 6) is 0.887. The number of piperidine rings is 1. The molecule has 2 heterocycles. The maximum Gasteiger partial charge on any atom is 0.0724 e. The molecule has 2 saturated heterocycles. The largest absolute Gasteiger partial charge is 0.385 e. The van der Waals surface area contributed by atoms with E-state index in [2.05, 4.69) is 10.2 Å². The van der Waals surface area contributed by atoms with E-state index in [-0.39, 0.29) is 0 Å². The van der Waals surface area contributed by atoms with Crippen molar-refractivity contribution in [3.8, 4) is 0 Å². The second kappa shape index (κ2) is 7.31. The molecule has 4 heteroatoms. The first-order chi connectivity index (χ1) is 8.38. The monoisotopic (exact) mass is 242 g/mol. The van der Waals surface area contributed by atoms with E-state index >= 15 is 0 Å². The molecule has 0 radical (unpaired) electrons. The fourth-order valence-corrected chi connectivity index (χ4v) is 2.80. The Balaban J connectivity index is 1.68. The van der Waals surface area contributed by atoms with Crippen LogP contribution in [0.25, 0.3) is 0 Å². The summed E-state index contributed by atoms with van der Waals surface area (Å²) in [6.07, 6.45) is 4.07. The van der Waals surface area contributed by atoms with Gasteiger partial charge in [0.15, 0.2) is 0 Å². The van der Waals surface area contributed by atoms with Gasteiger partial charge in [-0.25, -0.2) is 0 Å². The third-order valence-corrected chi connectivity index (χ3v) is 3.84. The van der Waals surface area contributed by atoms with E-state index in [4.69, 9.17) is 9.47 Å². The topological polar surface area (TPSA) is 33.7 Å². The fourth-order valence-electron chi connectivity index (χ4n) is 2.80. The van der Waals surface area contributed by atoms with Gasteiger partial charge in [-0.2, -0.15) is 0 Å². The molecule has 2 aliphatic heterocycles. The summed E-state index contributed by atoms with van der Waals surface area (Å²) in [4.78, 5) is 2.58. The van der Waals surface area contributed by atoms with Crippen molar-refractivity contribution in [3.05, 3.63) is 0 Å². The van der Waals surface area contributed by atoms with Gasteiger partial charge in [0.1, 0.15) is 0 Å². The van der Waals surface area contributed by atoms with Crippen molar-refractivity contribution in [2.45, 2.75) is 25.4 Å². The normalized spacial score (nSPS) is 28.4. The molecule has 1 N–H and O–H groups in total. The maximum absolute atomic E-state index is 5.77. The minimum atomic E-state index is 0.380. The third kappa shape index (κ3) is 4.54. The zero-order valence-electron chi connectivity index (χ0n) is 11.0. The standard InChI is InChI=1S/C13H26N2O2/c1-16-8-4-13-11-15(7-9-17-13)10-12-2-5-14-6-3-12/h12-14H,2-11H2,1H3/t13-/m1/s1. The first kappa shape index (κ1) is 13.3. The van der Waals surface area contributed by atoms with E-state index in [9.17, 15) is 0 Å². The van der Waals surface area contributed by atoms with Crippen LogP contribution in [0.2, 0.25) is 0 Å². The van der Waals surface area contributed by atoms with Gasteiger partial charge in [0.05, 0.1) is 12.7 Å². The third-order valence-electron chi connectivity index (χ3n) is 3.84. The molecule has 2 fully saturated rings. The second-order valence-corrected chi connectivity index (χ2v) is 5.23. The lowest BCUT2D eigenvalue weighted by atomic mass is 9.97. The van der Waals surface area contributed by atoms with Crippen LogP contribution in [-0.4, -0.2) is 64.1 Å². The van der Waals surface area contributed by atoms with Gasteiger partial charge in [-0.1, -0.05) is 0 Å². The van der Waals surface area contributed by atoms with Crippen LogP contribution >= 0.6 is 0 Å². The molecule has 2 aliphatic rings. The number of ether oxygens (including phenoxy) is 2. The Morgan fingerprint density at radius 2 is 2.18 bits per heavy atom. The number of methoxy groups -OCH3 is 1. The molecular formula is C13H26N2O2. The van der Waals surface area contributed by atoms with Crippen molar-refractivity contribution in [2.24, 2.45) is 5.92 Å². The highest BCUT2D eigenvalue weighted by Gasteiger charge is 2.23. The molecule has 0 aromatic carbocycles. The number of nitrogens with one attached hydrogen (secondary N) is 1. The van der Waals surface area contributed by atoms with Crippen LogP contribution < -0.4 is 5.32 Å². The average Bonchev–Trinajstić information content (AvgIpc) is 2.38. The van der Waals surface area contributed by atoms with Crippen molar-refractivity contribution in [1.29, 1.82) is 0 Å². The van der Waals surface area contributed by atoms with E-state index in [0.717, 1.165) is 38.6 Å². The van der Waals surface area contributed by atoms with Gasteiger partial charge in [0.2, 0.25) is 0 Å². The molecule has 0 unspecified atom stereocenters. The van der Waals surface area contributed by atoms with E-state index in [0.29, 0.717) is 6.10 Å². The number of morpholine rings is 1. The van der Waals surface area contributed by atoms with Crippen LogP contribution in [0.1, 0.15) is 19.3 Å². The molecule has 0 aromatic rings. The fraction of sp³-hybridized carbons (Fsp3) is 1.00. The first-order valence-corrected chi connectivity index (χ1v) is 6.92. The number of nitrogens with zero attached hydrogens (tertiary/aromatic N) is 1. The van der Waals surface area contributed by atoms with Crippen LogP contribution in [0, 0.1) is 5.92 Å². The van der Waals surface area contributed by atoms with Crippen molar-refractivity contribution in [3.63, 3.8) is 0 Å².